The summed E-state index contributed by atoms with van der Waals surface area (Å²) in [6.45, 7) is 4.17. The summed E-state index contributed by atoms with van der Waals surface area (Å²) >= 11 is 1.68. The Hall–Kier alpha value is -1.88. The monoisotopic (exact) mass is 331 g/mol. The van der Waals surface area contributed by atoms with Gasteiger partial charge in [0.2, 0.25) is 0 Å². The molecule has 1 unspecified atom stereocenters. The van der Waals surface area contributed by atoms with E-state index in [0.29, 0.717) is 18.7 Å². The van der Waals surface area contributed by atoms with Crippen molar-refractivity contribution in [3.05, 3.63) is 44.9 Å². The van der Waals surface area contributed by atoms with Crippen molar-refractivity contribution in [2.75, 3.05) is 6.61 Å². The standard InChI is InChI=1S/C18H21NO3S/c1-3-6-12-16-13(19-17(12)18(21)22-4-2)9-11(10-14(16)20)15-7-5-8-23-15/h5,7-8,11,19H,3-4,6,9-10H2,1-2H3. The molecule has 1 atom stereocenters. The molecule has 0 saturated heterocycles. The minimum Gasteiger partial charge on any atom is -0.461 e. The fourth-order valence-corrected chi connectivity index (χ4v) is 4.16. The molecule has 0 saturated carbocycles. The Kier molecular flexibility index (Phi) is 4.66. The Morgan fingerprint density at radius 2 is 2.22 bits per heavy atom. The Morgan fingerprint density at radius 1 is 1.39 bits per heavy atom. The van der Waals surface area contributed by atoms with Gasteiger partial charge < -0.3 is 9.72 Å². The van der Waals surface area contributed by atoms with Gasteiger partial charge in [0.05, 0.1) is 6.61 Å². The van der Waals surface area contributed by atoms with Gasteiger partial charge in [-0.3, -0.25) is 4.79 Å². The number of Topliss-reactive ketones (excluding diaryl/α,β-unsaturated/α-hetero) is 1. The fourth-order valence-electron chi connectivity index (χ4n) is 3.33. The van der Waals surface area contributed by atoms with Crippen molar-refractivity contribution in [3.63, 3.8) is 0 Å². The third-order valence-corrected chi connectivity index (χ3v) is 5.30. The number of ketones is 1. The average molecular weight is 331 g/mol. The third kappa shape index (κ3) is 2.98. The number of thiophene rings is 1. The second-order valence-corrected chi connectivity index (χ2v) is 6.83. The quantitative estimate of drug-likeness (QED) is 0.839. The molecule has 4 nitrogen and oxygen atoms in total. The van der Waals surface area contributed by atoms with Crippen LogP contribution >= 0.6 is 11.3 Å². The van der Waals surface area contributed by atoms with Gasteiger partial charge in [-0.1, -0.05) is 19.4 Å². The number of hydrogen-bond acceptors (Lipinski definition) is 4. The molecule has 0 spiro atoms. The number of nitrogens with one attached hydrogen (secondary N) is 1. The second-order valence-electron chi connectivity index (χ2n) is 5.85. The molecule has 1 aliphatic rings. The predicted molar refractivity (Wildman–Crippen MR) is 90.5 cm³/mol. The first-order chi connectivity index (χ1) is 11.2. The van der Waals surface area contributed by atoms with E-state index in [1.54, 1.807) is 18.3 Å². The Morgan fingerprint density at radius 3 is 2.87 bits per heavy atom. The molecule has 122 valence electrons. The van der Waals surface area contributed by atoms with Crippen molar-refractivity contribution >= 4 is 23.1 Å². The lowest BCUT2D eigenvalue weighted by Gasteiger charge is -2.20. The van der Waals surface area contributed by atoms with Gasteiger partial charge in [0.1, 0.15) is 5.69 Å². The van der Waals surface area contributed by atoms with Crippen LogP contribution in [0.3, 0.4) is 0 Å². The SMILES string of the molecule is CCCc1c(C(=O)OCC)[nH]c2c1C(=O)CC(c1cccs1)C2. The molecule has 1 aliphatic carbocycles. The van der Waals surface area contributed by atoms with Crippen molar-refractivity contribution in [3.8, 4) is 0 Å². The normalized spacial score (nSPS) is 17.1. The van der Waals surface area contributed by atoms with Crippen molar-refractivity contribution in [2.45, 2.75) is 45.4 Å². The molecule has 0 fully saturated rings. The Bertz CT molecular complexity index is 715. The number of rotatable bonds is 5. The smallest absolute Gasteiger partial charge is 0.355 e. The first kappa shape index (κ1) is 16.0. The highest BCUT2D eigenvalue weighted by Crippen LogP contribution is 2.37. The van der Waals surface area contributed by atoms with E-state index in [1.807, 2.05) is 11.4 Å². The molecule has 0 amide bonds. The van der Waals surface area contributed by atoms with Gasteiger partial charge in [-0.2, -0.15) is 0 Å². The highest BCUT2D eigenvalue weighted by atomic mass is 32.1. The number of carbonyl (C=O) groups is 2. The molecule has 2 aromatic rings. The molecule has 0 aliphatic heterocycles. The zero-order valence-corrected chi connectivity index (χ0v) is 14.3. The number of carbonyl (C=O) groups excluding carboxylic acids is 2. The zero-order valence-electron chi connectivity index (χ0n) is 13.5. The number of aromatic amines is 1. The van der Waals surface area contributed by atoms with Crippen LogP contribution in [0.4, 0.5) is 0 Å². The lowest BCUT2D eigenvalue weighted by molar-refractivity contribution is 0.0518. The molecule has 2 aromatic heterocycles. The van der Waals surface area contributed by atoms with Crippen LogP contribution < -0.4 is 0 Å². The van der Waals surface area contributed by atoms with Crippen molar-refractivity contribution in [2.24, 2.45) is 0 Å². The zero-order chi connectivity index (χ0) is 16.4. The van der Waals surface area contributed by atoms with E-state index in [-0.39, 0.29) is 17.7 Å². The lowest BCUT2D eigenvalue weighted by atomic mass is 9.84. The summed E-state index contributed by atoms with van der Waals surface area (Å²) in [5.74, 6) is -0.0103. The van der Waals surface area contributed by atoms with Gasteiger partial charge in [0, 0.05) is 28.5 Å². The molecule has 3 rings (SSSR count). The van der Waals surface area contributed by atoms with Gasteiger partial charge in [-0.25, -0.2) is 4.79 Å². The summed E-state index contributed by atoms with van der Waals surface area (Å²) < 4.78 is 5.15. The first-order valence-electron chi connectivity index (χ1n) is 8.13. The van der Waals surface area contributed by atoms with Gasteiger partial charge in [-0.05, 0) is 36.8 Å². The topological polar surface area (TPSA) is 59.2 Å². The number of aromatic nitrogens is 1. The van der Waals surface area contributed by atoms with Gasteiger partial charge in [0.25, 0.3) is 0 Å². The lowest BCUT2D eigenvalue weighted by Crippen LogP contribution is -2.18. The van der Waals surface area contributed by atoms with E-state index in [2.05, 4.69) is 18.0 Å². The van der Waals surface area contributed by atoms with Crippen LogP contribution in [0.5, 0.6) is 0 Å². The maximum atomic E-state index is 12.7. The summed E-state index contributed by atoms with van der Waals surface area (Å²) in [6, 6.07) is 4.09. The minimum atomic E-state index is -0.356. The molecule has 0 radical (unpaired) electrons. The van der Waals surface area contributed by atoms with Crippen LogP contribution in [-0.2, 0) is 17.6 Å². The summed E-state index contributed by atoms with van der Waals surface area (Å²) in [5.41, 5.74) is 2.95. The third-order valence-electron chi connectivity index (χ3n) is 4.27. The van der Waals surface area contributed by atoms with E-state index < -0.39 is 0 Å². The van der Waals surface area contributed by atoms with Crippen molar-refractivity contribution < 1.29 is 14.3 Å². The Balaban J connectivity index is 2.00. The predicted octanol–water partition coefficient (Wildman–Crippen LogP) is 4.12. The van der Waals surface area contributed by atoms with Gasteiger partial charge >= 0.3 is 5.97 Å². The van der Waals surface area contributed by atoms with E-state index in [0.717, 1.165) is 36.1 Å². The number of H-pyrrole nitrogens is 1. The van der Waals surface area contributed by atoms with Crippen molar-refractivity contribution in [1.29, 1.82) is 0 Å². The number of ether oxygens (including phenoxy) is 1. The van der Waals surface area contributed by atoms with Gasteiger partial charge in [-0.15, -0.1) is 11.3 Å². The highest BCUT2D eigenvalue weighted by Gasteiger charge is 2.33. The number of hydrogen-bond donors (Lipinski definition) is 1. The van der Waals surface area contributed by atoms with Crippen molar-refractivity contribution in [1.82, 2.24) is 4.98 Å². The van der Waals surface area contributed by atoms with Crippen LogP contribution in [0.15, 0.2) is 17.5 Å². The van der Waals surface area contributed by atoms with E-state index >= 15 is 0 Å². The molecule has 23 heavy (non-hydrogen) atoms. The molecule has 1 N–H and O–H groups in total. The number of fused-ring (bicyclic) bond motifs is 1. The number of esters is 1. The Labute approximate surface area is 139 Å². The average Bonchev–Trinajstić information content (AvgIpc) is 3.16. The first-order valence-corrected chi connectivity index (χ1v) is 9.01. The molecule has 0 aromatic carbocycles. The van der Waals surface area contributed by atoms with Crippen LogP contribution in [0.2, 0.25) is 0 Å². The summed E-state index contributed by atoms with van der Waals surface area (Å²) in [4.78, 5) is 29.4. The summed E-state index contributed by atoms with van der Waals surface area (Å²) in [7, 11) is 0. The molecule has 5 heteroatoms. The fraction of sp³-hybridized carbons (Fsp3) is 0.444. The van der Waals surface area contributed by atoms with Crippen LogP contribution in [0, 0.1) is 0 Å². The van der Waals surface area contributed by atoms with Crippen LogP contribution in [0.25, 0.3) is 0 Å². The molecular weight excluding hydrogens is 310 g/mol. The summed E-state index contributed by atoms with van der Waals surface area (Å²) in [6.07, 6.45) is 2.90. The van der Waals surface area contributed by atoms with E-state index in [4.69, 9.17) is 4.74 Å². The van der Waals surface area contributed by atoms with Crippen LogP contribution in [-0.4, -0.2) is 23.3 Å². The molecular formula is C18H21NO3S. The molecule has 0 bridgehead atoms. The summed E-state index contributed by atoms with van der Waals surface area (Å²) in [5, 5.41) is 2.04. The highest BCUT2D eigenvalue weighted by molar-refractivity contribution is 7.10. The maximum Gasteiger partial charge on any atom is 0.355 e. The van der Waals surface area contributed by atoms with Gasteiger partial charge in [0.15, 0.2) is 5.78 Å². The van der Waals surface area contributed by atoms with E-state index in [1.165, 1.54) is 4.88 Å². The van der Waals surface area contributed by atoms with E-state index in [9.17, 15) is 9.59 Å². The molecule has 2 heterocycles. The maximum absolute atomic E-state index is 12.7. The minimum absolute atomic E-state index is 0.139. The van der Waals surface area contributed by atoms with Crippen LogP contribution in [0.1, 0.15) is 69.6 Å². The second kappa shape index (κ2) is 6.71. The largest absolute Gasteiger partial charge is 0.461 e.